The molecule has 0 saturated carbocycles. The molecule has 0 amide bonds. The van der Waals surface area contributed by atoms with E-state index >= 15 is 0 Å². The fourth-order valence-electron chi connectivity index (χ4n) is 2.86. The minimum Gasteiger partial charge on any atom is -0.457 e. The lowest BCUT2D eigenvalue weighted by Gasteiger charge is -2.28. The van der Waals surface area contributed by atoms with E-state index in [4.69, 9.17) is 4.74 Å². The lowest BCUT2D eigenvalue weighted by molar-refractivity contribution is 0.0414. The maximum absolute atomic E-state index is 11.3. The first-order valence-corrected chi connectivity index (χ1v) is 13.0. The summed E-state index contributed by atoms with van der Waals surface area (Å²) in [7, 11) is -8.81. The van der Waals surface area contributed by atoms with Gasteiger partial charge in [0.1, 0.15) is 11.5 Å². The molecule has 0 fully saturated rings. The second kappa shape index (κ2) is 11.0. The normalized spacial score (nSPS) is 12.7. The molecular weight excluding hydrogens is 464 g/mol. The van der Waals surface area contributed by atoms with Crippen molar-refractivity contribution in [2.75, 3.05) is 19.8 Å². The van der Waals surface area contributed by atoms with Crippen LogP contribution in [0.5, 0.6) is 11.5 Å². The summed E-state index contributed by atoms with van der Waals surface area (Å²) in [6, 6.07) is 10.7. The first kappa shape index (κ1) is 26.6. The molecule has 0 spiro atoms. The van der Waals surface area contributed by atoms with Gasteiger partial charge in [-0.15, -0.1) is 0 Å². The van der Waals surface area contributed by atoms with Crippen molar-refractivity contribution in [1.29, 1.82) is 0 Å². The lowest BCUT2D eigenvalue weighted by Crippen LogP contribution is -2.54. The van der Waals surface area contributed by atoms with E-state index in [1.54, 1.807) is 24.3 Å². The zero-order valence-electron chi connectivity index (χ0n) is 17.0. The second-order valence-corrected chi connectivity index (χ2v) is 10.8. The van der Waals surface area contributed by atoms with Gasteiger partial charge in [-0.05, 0) is 41.0 Å². The molecule has 8 N–H and O–H groups in total. The summed E-state index contributed by atoms with van der Waals surface area (Å²) in [6.45, 7) is -1.12. The van der Waals surface area contributed by atoms with Crippen molar-refractivity contribution in [2.45, 2.75) is 24.4 Å². The van der Waals surface area contributed by atoms with Crippen molar-refractivity contribution >= 4 is 15.2 Å². The first-order valence-electron chi connectivity index (χ1n) is 9.43. The van der Waals surface area contributed by atoms with E-state index in [0.717, 1.165) is 5.56 Å². The van der Waals surface area contributed by atoms with E-state index in [1.165, 1.54) is 18.2 Å². The molecule has 0 aliphatic heterocycles. The third-order valence-corrected chi connectivity index (χ3v) is 6.09. The van der Waals surface area contributed by atoms with E-state index in [-0.39, 0.29) is 23.4 Å². The summed E-state index contributed by atoms with van der Waals surface area (Å²) in [6.07, 6.45) is -1.21. The Labute approximate surface area is 184 Å². The van der Waals surface area contributed by atoms with Gasteiger partial charge in [-0.2, -0.15) is 0 Å². The van der Waals surface area contributed by atoms with Gasteiger partial charge in [0, 0.05) is 6.54 Å². The van der Waals surface area contributed by atoms with Crippen LogP contribution in [0.2, 0.25) is 0 Å². The zero-order valence-corrected chi connectivity index (χ0v) is 18.8. The van der Waals surface area contributed by atoms with Gasteiger partial charge >= 0.3 is 15.2 Å². The average Bonchev–Trinajstić information content (AvgIpc) is 2.68. The third-order valence-electron chi connectivity index (χ3n) is 4.54. The molecule has 0 aliphatic carbocycles. The van der Waals surface area contributed by atoms with Crippen LogP contribution in [0, 0.1) is 0 Å². The summed E-state index contributed by atoms with van der Waals surface area (Å²) in [5.41, 5.74) is -0.111. The minimum absolute atomic E-state index is 0.158. The van der Waals surface area contributed by atoms with Crippen LogP contribution in [0.25, 0.3) is 0 Å². The molecule has 0 aromatic heterocycles. The summed E-state index contributed by atoms with van der Waals surface area (Å²) in [4.78, 5) is 36.9. The van der Waals surface area contributed by atoms with E-state index in [9.17, 15) is 44.0 Å². The molecule has 11 nitrogen and oxygen atoms in total. The van der Waals surface area contributed by atoms with E-state index in [2.05, 4.69) is 5.32 Å². The molecule has 0 atom stereocenters. The van der Waals surface area contributed by atoms with Crippen molar-refractivity contribution in [3.8, 4) is 11.5 Å². The van der Waals surface area contributed by atoms with Crippen LogP contribution < -0.4 is 10.1 Å². The Morgan fingerprint density at radius 2 is 1.19 bits per heavy atom. The number of aliphatic hydroxyl groups excluding tert-OH is 3. The molecule has 0 aliphatic rings. The van der Waals surface area contributed by atoms with Crippen molar-refractivity contribution in [3.05, 3.63) is 59.2 Å². The summed E-state index contributed by atoms with van der Waals surface area (Å²) < 4.78 is 28.4. The van der Waals surface area contributed by atoms with Gasteiger partial charge in [-0.3, -0.25) is 9.13 Å². The van der Waals surface area contributed by atoms with Gasteiger partial charge in [0.05, 0.1) is 37.7 Å². The van der Waals surface area contributed by atoms with E-state index < -0.39 is 52.9 Å². The van der Waals surface area contributed by atoms with Crippen molar-refractivity contribution in [2.24, 2.45) is 0 Å². The Morgan fingerprint density at radius 1 is 0.719 bits per heavy atom. The predicted molar refractivity (Wildman–Crippen MR) is 115 cm³/mol. The molecule has 32 heavy (non-hydrogen) atoms. The number of hydrogen-bond acceptors (Lipinski definition) is 7. The predicted octanol–water partition coefficient (Wildman–Crippen LogP) is 0.640. The second-order valence-electron chi connectivity index (χ2n) is 7.49. The van der Waals surface area contributed by atoms with Gasteiger partial charge in [-0.1, -0.05) is 18.2 Å². The van der Waals surface area contributed by atoms with E-state index in [0.29, 0.717) is 5.75 Å². The number of aliphatic hydroxyl groups is 3. The zero-order chi connectivity index (χ0) is 24.0. The Hall–Kier alpha value is -1.62. The monoisotopic (exact) mass is 491 g/mol. The van der Waals surface area contributed by atoms with Crippen LogP contribution in [0.15, 0.2) is 42.5 Å². The average molecular weight is 491 g/mol. The standard InChI is InChI=1S/C19H27NO10P2/c21-11-19(12-22,13-23)20-8-14-1-3-17(4-2-14)30-18-6-15(9-31(24,25)26)5-16(7-18)10-32(27,28)29/h1-7,20-23H,8-13H2,(H2,24,25,26)(H2,27,28,29). The number of rotatable bonds is 12. The van der Waals surface area contributed by atoms with Crippen LogP contribution in [0.4, 0.5) is 0 Å². The Bertz CT molecular complexity index is 932. The van der Waals surface area contributed by atoms with Crippen molar-refractivity contribution in [3.63, 3.8) is 0 Å². The van der Waals surface area contributed by atoms with E-state index in [1.807, 2.05) is 0 Å². The van der Waals surface area contributed by atoms with Crippen molar-refractivity contribution < 1.29 is 48.8 Å². The van der Waals surface area contributed by atoms with Gasteiger partial charge in [-0.25, -0.2) is 0 Å². The van der Waals surface area contributed by atoms with Crippen LogP contribution >= 0.6 is 15.2 Å². The van der Waals surface area contributed by atoms with Crippen LogP contribution in [0.3, 0.4) is 0 Å². The van der Waals surface area contributed by atoms with Gasteiger partial charge in [0.25, 0.3) is 0 Å². The molecule has 2 rings (SSSR count). The first-order chi connectivity index (χ1) is 14.9. The maximum Gasteiger partial charge on any atom is 0.329 e. The fourth-order valence-corrected chi connectivity index (χ4v) is 4.18. The molecule has 0 saturated heterocycles. The quantitative estimate of drug-likeness (QED) is 0.194. The Kier molecular flexibility index (Phi) is 9.15. The maximum atomic E-state index is 11.3. The highest BCUT2D eigenvalue weighted by Crippen LogP contribution is 2.43. The van der Waals surface area contributed by atoms with Crippen LogP contribution in [-0.4, -0.2) is 60.3 Å². The molecule has 0 bridgehead atoms. The van der Waals surface area contributed by atoms with Crippen molar-refractivity contribution in [1.82, 2.24) is 5.32 Å². The van der Waals surface area contributed by atoms with Gasteiger partial charge in [0.2, 0.25) is 0 Å². The fraction of sp³-hybridized carbons (Fsp3) is 0.368. The Morgan fingerprint density at radius 3 is 1.59 bits per heavy atom. The highest BCUT2D eigenvalue weighted by atomic mass is 31.2. The molecule has 0 radical (unpaired) electrons. The lowest BCUT2D eigenvalue weighted by atomic mass is 10.0. The number of ether oxygens (including phenoxy) is 1. The molecule has 0 heterocycles. The molecular formula is C19H27NO10P2. The van der Waals surface area contributed by atoms with Crippen LogP contribution in [-0.2, 0) is 28.0 Å². The summed E-state index contributed by atoms with van der Waals surface area (Å²) in [5, 5.41) is 30.9. The number of nitrogens with one attached hydrogen (secondary N) is 1. The van der Waals surface area contributed by atoms with Gasteiger partial charge < -0.3 is 44.9 Å². The molecule has 178 valence electrons. The highest BCUT2D eigenvalue weighted by Gasteiger charge is 2.27. The molecule has 2 aromatic carbocycles. The Balaban J connectivity index is 2.18. The van der Waals surface area contributed by atoms with Gasteiger partial charge in [0.15, 0.2) is 0 Å². The molecule has 2 aromatic rings. The third kappa shape index (κ3) is 8.73. The minimum atomic E-state index is -4.41. The molecule has 0 unspecified atom stereocenters. The number of hydrogen-bond donors (Lipinski definition) is 8. The molecule has 13 heteroatoms. The smallest absolute Gasteiger partial charge is 0.329 e. The number of benzene rings is 2. The highest BCUT2D eigenvalue weighted by molar-refractivity contribution is 7.51. The SMILES string of the molecule is O=P(O)(O)Cc1cc(CP(=O)(O)O)cc(Oc2ccc(CNC(CO)(CO)CO)cc2)c1. The summed E-state index contributed by atoms with van der Waals surface area (Å²) >= 11 is 0. The topological polar surface area (TPSA) is 197 Å². The van der Waals surface area contributed by atoms with Crippen LogP contribution in [0.1, 0.15) is 16.7 Å². The summed E-state index contributed by atoms with van der Waals surface area (Å²) in [5.74, 6) is 0.520. The largest absolute Gasteiger partial charge is 0.457 e.